The monoisotopic (exact) mass is 494 g/mol. The van der Waals surface area contributed by atoms with Crippen LogP contribution < -0.4 is 9.46 Å². The Bertz CT molecular complexity index is 1410. The number of hydrogen-bond donors (Lipinski definition) is 1. The van der Waals surface area contributed by atoms with Crippen molar-refractivity contribution in [3.63, 3.8) is 0 Å². The van der Waals surface area contributed by atoms with Crippen LogP contribution in [0.2, 0.25) is 0 Å². The van der Waals surface area contributed by atoms with Crippen LogP contribution in [0.4, 0.5) is 10.1 Å². The van der Waals surface area contributed by atoms with Gasteiger partial charge in [0.2, 0.25) is 0 Å². The molecule has 2 aliphatic rings. The van der Waals surface area contributed by atoms with E-state index in [1.165, 1.54) is 17.7 Å². The molecule has 0 saturated heterocycles. The Labute approximate surface area is 204 Å². The largest absolute Gasteiger partial charge is 0.481 e. The number of sulfonamides is 1. The Hall–Kier alpha value is -3.39. The summed E-state index contributed by atoms with van der Waals surface area (Å²) in [5.41, 5.74) is 3.80. The first kappa shape index (κ1) is 23.4. The van der Waals surface area contributed by atoms with Gasteiger partial charge in [-0.05, 0) is 80.1 Å². The van der Waals surface area contributed by atoms with Crippen molar-refractivity contribution in [3.8, 4) is 5.75 Å². The van der Waals surface area contributed by atoms with E-state index in [0.29, 0.717) is 29.1 Å². The lowest BCUT2D eigenvalue weighted by atomic mass is 9.86. The molecule has 0 spiro atoms. The van der Waals surface area contributed by atoms with E-state index in [2.05, 4.69) is 16.9 Å². The maximum absolute atomic E-state index is 14.0. The highest BCUT2D eigenvalue weighted by Crippen LogP contribution is 2.38. The van der Waals surface area contributed by atoms with Crippen molar-refractivity contribution in [2.45, 2.75) is 56.7 Å². The van der Waals surface area contributed by atoms with Crippen LogP contribution in [0, 0.1) is 12.7 Å². The number of hydrogen-bond acceptors (Lipinski definition) is 4. The molecule has 1 aliphatic carbocycles. The number of fused-ring (bicyclic) bond motifs is 2. The van der Waals surface area contributed by atoms with E-state index in [9.17, 15) is 17.6 Å². The molecule has 1 aliphatic heterocycles. The highest BCUT2D eigenvalue weighted by atomic mass is 32.2. The summed E-state index contributed by atoms with van der Waals surface area (Å²) in [4.78, 5) is 15.0. The molecule has 3 aromatic rings. The average Bonchev–Trinajstić information content (AvgIpc) is 2.96. The minimum absolute atomic E-state index is 0.0691. The second-order valence-electron chi connectivity index (χ2n) is 9.17. The lowest BCUT2D eigenvalue weighted by Gasteiger charge is -2.35. The van der Waals surface area contributed by atoms with Crippen molar-refractivity contribution in [2.24, 2.45) is 0 Å². The first-order chi connectivity index (χ1) is 16.7. The van der Waals surface area contributed by atoms with Crippen LogP contribution in [0.1, 0.15) is 48.1 Å². The summed E-state index contributed by atoms with van der Waals surface area (Å²) in [5, 5.41) is 0. The molecule has 3 aromatic carbocycles. The molecule has 0 bridgehead atoms. The van der Waals surface area contributed by atoms with Gasteiger partial charge in [-0.25, -0.2) is 12.8 Å². The molecule has 0 fully saturated rings. The Morgan fingerprint density at radius 2 is 1.86 bits per heavy atom. The third-order valence-electron chi connectivity index (χ3n) is 6.76. The van der Waals surface area contributed by atoms with E-state index in [0.717, 1.165) is 30.9 Å². The molecule has 1 N–H and O–H groups in total. The third-order valence-corrected chi connectivity index (χ3v) is 8.13. The fourth-order valence-corrected chi connectivity index (χ4v) is 5.95. The lowest BCUT2D eigenvalue weighted by Crippen LogP contribution is -2.41. The smallest absolute Gasteiger partial charge is 0.264 e. The number of ether oxygens (including phenoxy) is 1. The van der Waals surface area contributed by atoms with Gasteiger partial charge in [0.25, 0.3) is 15.9 Å². The molecule has 1 amide bonds. The number of carbonyl (C=O) groups is 1. The molecule has 5 rings (SSSR count). The molecule has 2 unspecified atom stereocenters. The van der Waals surface area contributed by atoms with Crippen molar-refractivity contribution in [3.05, 3.63) is 88.7 Å². The summed E-state index contributed by atoms with van der Waals surface area (Å²) in [5.74, 6) is -0.138. The second-order valence-corrected chi connectivity index (χ2v) is 10.9. The molecular weight excluding hydrogens is 467 g/mol. The minimum Gasteiger partial charge on any atom is -0.481 e. The molecule has 8 heteroatoms. The number of anilines is 1. The zero-order valence-corrected chi connectivity index (χ0v) is 20.4. The zero-order valence-electron chi connectivity index (χ0n) is 19.6. The molecule has 182 valence electrons. The number of amides is 1. The molecular formula is C27H27FN2O4S. The van der Waals surface area contributed by atoms with Gasteiger partial charge in [0.05, 0.1) is 17.5 Å². The van der Waals surface area contributed by atoms with Crippen molar-refractivity contribution in [2.75, 3.05) is 4.72 Å². The van der Waals surface area contributed by atoms with Crippen molar-refractivity contribution in [1.82, 2.24) is 4.90 Å². The predicted octanol–water partition coefficient (Wildman–Crippen LogP) is 5.12. The van der Waals surface area contributed by atoms with Crippen LogP contribution in [-0.2, 0) is 27.8 Å². The zero-order chi connectivity index (χ0) is 24.7. The van der Waals surface area contributed by atoms with Crippen molar-refractivity contribution < 1.29 is 22.3 Å². The van der Waals surface area contributed by atoms with Crippen LogP contribution >= 0.6 is 0 Å². The normalized spacial score (nSPS) is 19.9. The third kappa shape index (κ3) is 4.50. The molecule has 0 radical (unpaired) electrons. The summed E-state index contributed by atoms with van der Waals surface area (Å²) in [6, 6.07) is 16.9. The molecule has 1 heterocycles. The predicted molar refractivity (Wildman–Crippen MR) is 131 cm³/mol. The highest BCUT2D eigenvalue weighted by Gasteiger charge is 2.35. The van der Waals surface area contributed by atoms with Gasteiger partial charge in [0.1, 0.15) is 11.6 Å². The fraction of sp³-hybridized carbons (Fsp3) is 0.296. The second kappa shape index (κ2) is 9.00. The topological polar surface area (TPSA) is 75.7 Å². The maximum atomic E-state index is 14.0. The summed E-state index contributed by atoms with van der Waals surface area (Å²) in [6.07, 6.45) is 2.17. The van der Waals surface area contributed by atoms with E-state index in [1.807, 2.05) is 17.0 Å². The number of nitrogens with zero attached hydrogens (tertiary/aromatic N) is 1. The number of halogens is 1. The summed E-state index contributed by atoms with van der Waals surface area (Å²) in [6.45, 7) is 3.61. The van der Waals surface area contributed by atoms with Crippen LogP contribution in [0.5, 0.6) is 5.75 Å². The molecule has 35 heavy (non-hydrogen) atoms. The Kier molecular flexibility index (Phi) is 6.01. The Morgan fingerprint density at radius 3 is 2.66 bits per heavy atom. The average molecular weight is 495 g/mol. The van der Waals surface area contributed by atoms with Crippen LogP contribution in [0.3, 0.4) is 0 Å². The quantitative estimate of drug-likeness (QED) is 0.546. The highest BCUT2D eigenvalue weighted by molar-refractivity contribution is 7.92. The van der Waals surface area contributed by atoms with Gasteiger partial charge in [-0.15, -0.1) is 0 Å². The first-order valence-electron chi connectivity index (χ1n) is 11.7. The Morgan fingerprint density at radius 1 is 1.06 bits per heavy atom. The van der Waals surface area contributed by atoms with Gasteiger partial charge in [0.15, 0.2) is 6.10 Å². The van der Waals surface area contributed by atoms with E-state index < -0.39 is 21.9 Å². The van der Waals surface area contributed by atoms with Crippen LogP contribution in [0.25, 0.3) is 0 Å². The molecule has 6 nitrogen and oxygen atoms in total. The summed E-state index contributed by atoms with van der Waals surface area (Å²) < 4.78 is 48.2. The van der Waals surface area contributed by atoms with Gasteiger partial charge in [0, 0.05) is 11.3 Å². The van der Waals surface area contributed by atoms with Gasteiger partial charge in [-0.3, -0.25) is 9.52 Å². The number of carbonyl (C=O) groups excluding carboxylic acids is 1. The van der Waals surface area contributed by atoms with E-state index in [-0.39, 0.29) is 16.8 Å². The molecule has 2 atom stereocenters. The molecule has 0 saturated carbocycles. The number of rotatable bonds is 4. The van der Waals surface area contributed by atoms with Crippen molar-refractivity contribution >= 4 is 21.6 Å². The maximum Gasteiger partial charge on any atom is 0.264 e. The van der Waals surface area contributed by atoms with Crippen LogP contribution in [-0.4, -0.2) is 25.3 Å². The first-order valence-corrected chi connectivity index (χ1v) is 13.2. The molecule has 0 aromatic heterocycles. The van der Waals surface area contributed by atoms with Gasteiger partial charge in [-0.2, -0.15) is 0 Å². The minimum atomic E-state index is -4.00. The lowest BCUT2D eigenvalue weighted by molar-refractivity contribution is -0.140. The number of nitrogens with one attached hydrogen (secondary N) is 1. The van der Waals surface area contributed by atoms with Crippen molar-refractivity contribution in [1.29, 1.82) is 0 Å². The van der Waals surface area contributed by atoms with Gasteiger partial charge >= 0.3 is 0 Å². The van der Waals surface area contributed by atoms with E-state index in [4.69, 9.17) is 4.74 Å². The summed E-state index contributed by atoms with van der Waals surface area (Å²) >= 11 is 0. The van der Waals surface area contributed by atoms with Crippen LogP contribution in [0.15, 0.2) is 65.6 Å². The van der Waals surface area contributed by atoms with E-state index >= 15 is 0 Å². The van der Waals surface area contributed by atoms with Gasteiger partial charge < -0.3 is 9.64 Å². The summed E-state index contributed by atoms with van der Waals surface area (Å²) in [7, 11) is -4.00. The van der Waals surface area contributed by atoms with Gasteiger partial charge in [-0.1, -0.05) is 30.3 Å². The standard InChI is InChI=1S/C27H27FN2O4S/c1-17-10-12-22(15-24(17)28)35(32,33)29-21-11-13-26-20(14-21)16-30(27(31)18(2)34-26)25-9-5-7-19-6-3-4-8-23(19)25/h3-4,6,8,10-15,18,25,29H,5,7,9,16H2,1-2H3. The SMILES string of the molecule is Cc1ccc(S(=O)(=O)Nc2ccc3c(c2)CN(C2CCCc4ccccc42)C(=O)C(C)O3)cc1F. The van der Waals surface area contributed by atoms with E-state index in [1.54, 1.807) is 32.0 Å². The Balaban J connectivity index is 1.47. The number of aryl methyl sites for hydroxylation is 2. The fourth-order valence-electron chi connectivity index (χ4n) is 4.89. The number of benzene rings is 3.